The molecule has 5 rings (SSSR count). The second-order valence-corrected chi connectivity index (χ2v) is 7.64. The number of nitrogens with one attached hydrogen (secondary N) is 1. The number of nitrogens with zero attached hydrogens (tertiary/aromatic N) is 5. The van der Waals surface area contributed by atoms with Crippen molar-refractivity contribution in [1.82, 2.24) is 24.1 Å². The third-order valence-electron chi connectivity index (χ3n) is 5.49. The SMILES string of the molecule is Cc1ccc(C)n1-c1ccc2c(c1)ncn2-c1ccnc(NCCc2ccccc2)n1. The van der Waals surface area contributed by atoms with Gasteiger partial charge in [-0.2, -0.15) is 4.98 Å². The van der Waals surface area contributed by atoms with Crippen LogP contribution >= 0.6 is 0 Å². The van der Waals surface area contributed by atoms with Gasteiger partial charge in [0.15, 0.2) is 0 Å². The minimum Gasteiger partial charge on any atom is -0.354 e. The van der Waals surface area contributed by atoms with Gasteiger partial charge in [0.25, 0.3) is 0 Å². The van der Waals surface area contributed by atoms with Crippen molar-refractivity contribution >= 4 is 17.0 Å². The third-order valence-corrected chi connectivity index (χ3v) is 5.49. The molecule has 1 N–H and O–H groups in total. The summed E-state index contributed by atoms with van der Waals surface area (Å²) < 4.78 is 4.23. The molecule has 2 aromatic carbocycles. The molecular weight excluding hydrogens is 384 g/mol. The van der Waals surface area contributed by atoms with Crippen LogP contribution in [-0.4, -0.2) is 30.6 Å². The van der Waals surface area contributed by atoms with Crippen molar-refractivity contribution < 1.29 is 0 Å². The molecule has 0 radical (unpaired) electrons. The summed E-state index contributed by atoms with van der Waals surface area (Å²) in [5.41, 5.74) is 6.76. The van der Waals surface area contributed by atoms with Gasteiger partial charge in [0.2, 0.25) is 5.95 Å². The lowest BCUT2D eigenvalue weighted by Crippen LogP contribution is -2.09. The lowest BCUT2D eigenvalue weighted by atomic mass is 10.1. The van der Waals surface area contributed by atoms with E-state index in [9.17, 15) is 0 Å². The Hall–Kier alpha value is -3.93. The highest BCUT2D eigenvalue weighted by molar-refractivity contribution is 5.79. The summed E-state index contributed by atoms with van der Waals surface area (Å²) in [4.78, 5) is 13.7. The first-order valence-electron chi connectivity index (χ1n) is 10.4. The highest BCUT2D eigenvalue weighted by Gasteiger charge is 2.10. The maximum absolute atomic E-state index is 4.69. The summed E-state index contributed by atoms with van der Waals surface area (Å²) in [6.45, 7) is 5.00. The average Bonchev–Trinajstić information content (AvgIpc) is 3.37. The van der Waals surface area contributed by atoms with Crippen LogP contribution in [0.15, 0.2) is 79.3 Å². The van der Waals surface area contributed by atoms with Gasteiger partial charge in [-0.15, -0.1) is 0 Å². The van der Waals surface area contributed by atoms with E-state index in [0.29, 0.717) is 5.95 Å². The van der Waals surface area contributed by atoms with Crippen LogP contribution in [0.25, 0.3) is 22.5 Å². The maximum Gasteiger partial charge on any atom is 0.224 e. The molecule has 0 aliphatic heterocycles. The Morgan fingerprint density at radius 2 is 1.68 bits per heavy atom. The van der Waals surface area contributed by atoms with Crippen molar-refractivity contribution in [2.24, 2.45) is 0 Å². The minimum absolute atomic E-state index is 0.616. The average molecular weight is 409 g/mol. The van der Waals surface area contributed by atoms with Gasteiger partial charge in [-0.3, -0.25) is 4.57 Å². The standard InChI is InChI=1S/C25H24N6/c1-18-8-9-19(2)31(18)21-10-11-23-22(16-21)28-17-30(23)24-13-15-27-25(29-24)26-14-12-20-6-4-3-5-7-20/h3-11,13,15-17H,12,14H2,1-2H3,(H,26,27,29). The first-order valence-corrected chi connectivity index (χ1v) is 10.4. The van der Waals surface area contributed by atoms with Crippen LogP contribution < -0.4 is 5.32 Å². The van der Waals surface area contributed by atoms with Crippen LogP contribution in [0, 0.1) is 13.8 Å². The Morgan fingerprint density at radius 1 is 0.871 bits per heavy atom. The lowest BCUT2D eigenvalue weighted by Gasteiger charge is -2.10. The molecule has 0 amide bonds. The third kappa shape index (κ3) is 3.80. The smallest absolute Gasteiger partial charge is 0.224 e. The molecule has 31 heavy (non-hydrogen) atoms. The Bertz CT molecular complexity index is 1310. The monoisotopic (exact) mass is 408 g/mol. The van der Waals surface area contributed by atoms with Gasteiger partial charge >= 0.3 is 0 Å². The Kier molecular flexibility index (Phi) is 4.96. The van der Waals surface area contributed by atoms with E-state index in [4.69, 9.17) is 4.98 Å². The Balaban J connectivity index is 1.39. The largest absolute Gasteiger partial charge is 0.354 e. The molecule has 3 aromatic heterocycles. The molecule has 0 bridgehead atoms. The van der Waals surface area contributed by atoms with Gasteiger partial charge in [0.1, 0.15) is 12.1 Å². The topological polar surface area (TPSA) is 60.6 Å². The number of hydrogen-bond donors (Lipinski definition) is 1. The second-order valence-electron chi connectivity index (χ2n) is 7.64. The molecule has 3 heterocycles. The van der Waals surface area contributed by atoms with Crippen LogP contribution in [-0.2, 0) is 6.42 Å². The first-order chi connectivity index (χ1) is 15.2. The predicted molar refractivity (Wildman–Crippen MR) is 124 cm³/mol. The normalized spacial score (nSPS) is 11.2. The molecule has 0 unspecified atom stereocenters. The van der Waals surface area contributed by atoms with Crippen molar-refractivity contribution in [1.29, 1.82) is 0 Å². The summed E-state index contributed by atoms with van der Waals surface area (Å²) >= 11 is 0. The fourth-order valence-corrected chi connectivity index (χ4v) is 3.93. The van der Waals surface area contributed by atoms with Crippen LogP contribution in [0.2, 0.25) is 0 Å². The number of rotatable bonds is 6. The first kappa shape index (κ1) is 19.1. The molecule has 5 aromatic rings. The van der Waals surface area contributed by atoms with Gasteiger partial charge < -0.3 is 9.88 Å². The van der Waals surface area contributed by atoms with Crippen LogP contribution in [0.4, 0.5) is 5.95 Å². The molecule has 0 saturated heterocycles. The number of aromatic nitrogens is 5. The van der Waals surface area contributed by atoms with Gasteiger partial charge in [-0.25, -0.2) is 9.97 Å². The van der Waals surface area contributed by atoms with Crippen molar-refractivity contribution in [3.05, 3.63) is 96.2 Å². The number of anilines is 1. The highest BCUT2D eigenvalue weighted by atomic mass is 15.2. The van der Waals surface area contributed by atoms with E-state index in [2.05, 4.69) is 88.3 Å². The summed E-state index contributed by atoms with van der Waals surface area (Å²) in [6, 6.07) is 22.9. The van der Waals surface area contributed by atoms with Crippen LogP contribution in [0.3, 0.4) is 0 Å². The molecule has 0 fully saturated rings. The molecule has 154 valence electrons. The van der Waals surface area contributed by atoms with Gasteiger partial charge in [0.05, 0.1) is 11.0 Å². The van der Waals surface area contributed by atoms with E-state index < -0.39 is 0 Å². The molecule has 0 spiro atoms. The van der Waals surface area contributed by atoms with E-state index in [1.807, 2.05) is 23.0 Å². The molecule has 0 aliphatic rings. The predicted octanol–water partition coefficient (Wildman–Crippen LogP) is 4.88. The van der Waals surface area contributed by atoms with Gasteiger partial charge in [0, 0.05) is 29.8 Å². The second kappa shape index (κ2) is 8.07. The van der Waals surface area contributed by atoms with Crippen LogP contribution in [0.1, 0.15) is 17.0 Å². The van der Waals surface area contributed by atoms with Crippen molar-refractivity contribution in [3.63, 3.8) is 0 Å². The number of fused-ring (bicyclic) bond motifs is 1. The molecule has 6 heteroatoms. The van der Waals surface area contributed by atoms with E-state index in [1.54, 1.807) is 6.20 Å². The molecule has 0 aliphatic carbocycles. The molecule has 6 nitrogen and oxygen atoms in total. The summed E-state index contributed by atoms with van der Waals surface area (Å²) in [6.07, 6.45) is 4.52. The zero-order chi connectivity index (χ0) is 21.2. The zero-order valence-electron chi connectivity index (χ0n) is 17.7. The van der Waals surface area contributed by atoms with E-state index >= 15 is 0 Å². The Labute approximate surface area is 181 Å². The number of benzene rings is 2. The van der Waals surface area contributed by atoms with Crippen molar-refractivity contribution in [2.45, 2.75) is 20.3 Å². The van der Waals surface area contributed by atoms with E-state index in [0.717, 1.165) is 35.5 Å². The van der Waals surface area contributed by atoms with Gasteiger partial charge in [-0.05, 0) is 62.2 Å². The van der Waals surface area contributed by atoms with Crippen LogP contribution in [0.5, 0.6) is 0 Å². The molecule has 0 saturated carbocycles. The number of hydrogen-bond acceptors (Lipinski definition) is 4. The minimum atomic E-state index is 0.616. The summed E-state index contributed by atoms with van der Waals surface area (Å²) in [7, 11) is 0. The van der Waals surface area contributed by atoms with Crippen molar-refractivity contribution in [3.8, 4) is 11.5 Å². The quantitative estimate of drug-likeness (QED) is 0.435. The van der Waals surface area contributed by atoms with E-state index in [1.165, 1.54) is 17.0 Å². The van der Waals surface area contributed by atoms with Crippen molar-refractivity contribution in [2.75, 3.05) is 11.9 Å². The summed E-state index contributed by atoms with van der Waals surface area (Å²) in [5.74, 6) is 1.41. The number of aryl methyl sites for hydroxylation is 2. The van der Waals surface area contributed by atoms with Gasteiger partial charge in [-0.1, -0.05) is 30.3 Å². The molecular formula is C25H24N6. The summed E-state index contributed by atoms with van der Waals surface area (Å²) in [5, 5.41) is 3.32. The number of imidazole rings is 1. The molecule has 0 atom stereocenters. The highest BCUT2D eigenvalue weighted by Crippen LogP contribution is 2.23. The van der Waals surface area contributed by atoms with E-state index in [-0.39, 0.29) is 0 Å². The zero-order valence-corrected chi connectivity index (χ0v) is 17.7. The lowest BCUT2D eigenvalue weighted by molar-refractivity contribution is 0.953. The fourth-order valence-electron chi connectivity index (χ4n) is 3.93. The fraction of sp³-hybridized carbons (Fsp3) is 0.160. The maximum atomic E-state index is 4.69. The Morgan fingerprint density at radius 3 is 2.48 bits per heavy atom.